The Labute approximate surface area is 113 Å². The molecule has 19 heavy (non-hydrogen) atoms. The standard InChI is InChI=1S/C16H17NO2/c1-18-15-7-4-5-13-9-12(11-19-16(13)15)10-14-6-2-3-8-17-14/h2-8,12H,9-11H2,1H3/t12-/m1/s1. The van der Waals surface area contributed by atoms with Crippen molar-refractivity contribution in [2.45, 2.75) is 12.8 Å². The number of rotatable bonds is 3. The molecule has 0 saturated heterocycles. The SMILES string of the molecule is COc1cccc2c1OC[C@@H](Cc1ccccn1)C2. The fourth-order valence-electron chi connectivity index (χ4n) is 2.56. The van der Waals surface area contributed by atoms with E-state index in [9.17, 15) is 0 Å². The summed E-state index contributed by atoms with van der Waals surface area (Å²) < 4.78 is 11.2. The van der Waals surface area contributed by atoms with Crippen molar-refractivity contribution >= 4 is 0 Å². The van der Waals surface area contributed by atoms with Crippen LogP contribution in [0.15, 0.2) is 42.6 Å². The Morgan fingerprint density at radius 2 is 2.21 bits per heavy atom. The zero-order valence-corrected chi connectivity index (χ0v) is 11.0. The van der Waals surface area contributed by atoms with Crippen molar-refractivity contribution in [3.63, 3.8) is 0 Å². The average Bonchev–Trinajstić information content (AvgIpc) is 2.47. The largest absolute Gasteiger partial charge is 0.493 e. The molecule has 1 atom stereocenters. The summed E-state index contributed by atoms with van der Waals surface area (Å²) >= 11 is 0. The predicted molar refractivity (Wildman–Crippen MR) is 73.6 cm³/mol. The highest BCUT2D eigenvalue weighted by Crippen LogP contribution is 2.36. The van der Waals surface area contributed by atoms with Crippen LogP contribution in [0.4, 0.5) is 0 Å². The number of pyridine rings is 1. The summed E-state index contributed by atoms with van der Waals surface area (Å²) in [4.78, 5) is 4.38. The quantitative estimate of drug-likeness (QED) is 0.845. The minimum atomic E-state index is 0.481. The second-order valence-electron chi connectivity index (χ2n) is 4.85. The molecule has 0 bridgehead atoms. The van der Waals surface area contributed by atoms with Gasteiger partial charge < -0.3 is 9.47 Å². The number of para-hydroxylation sites is 1. The van der Waals surface area contributed by atoms with Crippen LogP contribution in [0.1, 0.15) is 11.3 Å². The molecule has 98 valence electrons. The third-order valence-electron chi connectivity index (χ3n) is 3.48. The van der Waals surface area contributed by atoms with Gasteiger partial charge in [-0.1, -0.05) is 18.2 Å². The fourth-order valence-corrected chi connectivity index (χ4v) is 2.56. The highest BCUT2D eigenvalue weighted by molar-refractivity contribution is 5.47. The Balaban J connectivity index is 1.76. The van der Waals surface area contributed by atoms with Crippen molar-refractivity contribution in [1.29, 1.82) is 0 Å². The zero-order valence-electron chi connectivity index (χ0n) is 11.0. The van der Waals surface area contributed by atoms with Gasteiger partial charge in [0.15, 0.2) is 11.5 Å². The van der Waals surface area contributed by atoms with Gasteiger partial charge in [-0.25, -0.2) is 0 Å². The van der Waals surface area contributed by atoms with E-state index in [2.05, 4.69) is 17.1 Å². The van der Waals surface area contributed by atoms with E-state index >= 15 is 0 Å². The van der Waals surface area contributed by atoms with E-state index in [0.29, 0.717) is 5.92 Å². The summed E-state index contributed by atoms with van der Waals surface area (Å²) in [6, 6.07) is 12.1. The third kappa shape index (κ3) is 2.55. The van der Waals surface area contributed by atoms with Gasteiger partial charge in [-0.2, -0.15) is 0 Å². The van der Waals surface area contributed by atoms with E-state index in [1.165, 1.54) is 5.56 Å². The fraction of sp³-hybridized carbons (Fsp3) is 0.312. The topological polar surface area (TPSA) is 31.4 Å². The molecule has 0 spiro atoms. The number of hydrogen-bond acceptors (Lipinski definition) is 3. The summed E-state index contributed by atoms with van der Waals surface area (Å²) in [5.74, 6) is 2.21. The minimum absolute atomic E-state index is 0.481. The van der Waals surface area contributed by atoms with Crippen molar-refractivity contribution in [2.24, 2.45) is 5.92 Å². The van der Waals surface area contributed by atoms with Crippen molar-refractivity contribution < 1.29 is 9.47 Å². The van der Waals surface area contributed by atoms with Crippen LogP contribution in [0.5, 0.6) is 11.5 Å². The maximum atomic E-state index is 5.88. The van der Waals surface area contributed by atoms with Crippen LogP contribution in [-0.4, -0.2) is 18.7 Å². The maximum absolute atomic E-state index is 5.88. The number of hydrogen-bond donors (Lipinski definition) is 0. The lowest BCUT2D eigenvalue weighted by atomic mass is 9.92. The van der Waals surface area contributed by atoms with Gasteiger partial charge in [-0.3, -0.25) is 4.98 Å². The van der Waals surface area contributed by atoms with E-state index in [1.54, 1.807) is 7.11 Å². The lowest BCUT2D eigenvalue weighted by Crippen LogP contribution is -2.23. The lowest BCUT2D eigenvalue weighted by Gasteiger charge is -2.26. The molecule has 0 amide bonds. The molecular weight excluding hydrogens is 238 g/mol. The Hall–Kier alpha value is -2.03. The zero-order chi connectivity index (χ0) is 13.1. The van der Waals surface area contributed by atoms with Gasteiger partial charge in [0.25, 0.3) is 0 Å². The second-order valence-corrected chi connectivity index (χ2v) is 4.85. The molecule has 0 radical (unpaired) electrons. The maximum Gasteiger partial charge on any atom is 0.164 e. The molecule has 2 aromatic rings. The Morgan fingerprint density at radius 3 is 3.00 bits per heavy atom. The molecule has 0 N–H and O–H groups in total. The third-order valence-corrected chi connectivity index (χ3v) is 3.48. The van der Waals surface area contributed by atoms with Gasteiger partial charge in [-0.05, 0) is 36.6 Å². The van der Waals surface area contributed by atoms with Crippen LogP contribution in [0.3, 0.4) is 0 Å². The molecule has 1 aromatic heterocycles. The Bertz CT molecular complexity index is 554. The molecule has 2 heterocycles. The molecule has 3 nitrogen and oxygen atoms in total. The van der Waals surface area contributed by atoms with E-state index in [-0.39, 0.29) is 0 Å². The van der Waals surface area contributed by atoms with E-state index in [1.807, 2.05) is 30.5 Å². The van der Waals surface area contributed by atoms with Crippen molar-refractivity contribution in [3.05, 3.63) is 53.9 Å². The summed E-state index contributed by atoms with van der Waals surface area (Å²) in [5.41, 5.74) is 2.36. The molecule has 0 saturated carbocycles. The van der Waals surface area contributed by atoms with Crippen molar-refractivity contribution in [1.82, 2.24) is 4.98 Å². The second kappa shape index (κ2) is 5.31. The number of benzene rings is 1. The molecule has 0 fully saturated rings. The summed E-state index contributed by atoms with van der Waals surface area (Å²) in [5, 5.41) is 0. The molecule has 1 aliphatic rings. The molecular formula is C16H17NO2. The number of ether oxygens (including phenoxy) is 2. The lowest BCUT2D eigenvalue weighted by molar-refractivity contribution is 0.210. The van der Waals surface area contributed by atoms with Crippen LogP contribution in [0.2, 0.25) is 0 Å². The Kier molecular flexibility index (Phi) is 3.36. The van der Waals surface area contributed by atoms with Crippen LogP contribution < -0.4 is 9.47 Å². The smallest absolute Gasteiger partial charge is 0.164 e. The molecule has 1 aliphatic heterocycles. The van der Waals surface area contributed by atoms with Crippen LogP contribution in [-0.2, 0) is 12.8 Å². The number of nitrogens with zero attached hydrogens (tertiary/aromatic N) is 1. The molecule has 3 rings (SSSR count). The highest BCUT2D eigenvalue weighted by atomic mass is 16.5. The van der Waals surface area contributed by atoms with Crippen molar-refractivity contribution in [2.75, 3.05) is 13.7 Å². The number of fused-ring (bicyclic) bond motifs is 1. The van der Waals surface area contributed by atoms with Gasteiger partial charge in [-0.15, -0.1) is 0 Å². The first-order chi connectivity index (χ1) is 9.36. The van der Waals surface area contributed by atoms with Crippen molar-refractivity contribution in [3.8, 4) is 11.5 Å². The van der Waals surface area contributed by atoms with Gasteiger partial charge in [0.05, 0.1) is 13.7 Å². The highest BCUT2D eigenvalue weighted by Gasteiger charge is 2.22. The average molecular weight is 255 g/mol. The van der Waals surface area contributed by atoms with Gasteiger partial charge in [0.1, 0.15) is 0 Å². The number of aromatic nitrogens is 1. The molecule has 0 aliphatic carbocycles. The van der Waals surface area contributed by atoms with Gasteiger partial charge in [0.2, 0.25) is 0 Å². The van der Waals surface area contributed by atoms with E-state index < -0.39 is 0 Å². The number of methoxy groups -OCH3 is 1. The summed E-state index contributed by atoms with van der Waals surface area (Å²) in [6.07, 6.45) is 3.82. The molecule has 1 aromatic carbocycles. The monoisotopic (exact) mass is 255 g/mol. The van der Waals surface area contributed by atoms with E-state index in [0.717, 1.165) is 36.6 Å². The first-order valence-corrected chi connectivity index (χ1v) is 6.55. The first kappa shape index (κ1) is 12.0. The predicted octanol–water partition coefficient (Wildman–Crippen LogP) is 2.88. The first-order valence-electron chi connectivity index (χ1n) is 6.55. The molecule has 3 heteroatoms. The van der Waals surface area contributed by atoms with Crippen LogP contribution >= 0.6 is 0 Å². The summed E-state index contributed by atoms with van der Waals surface area (Å²) in [6.45, 7) is 0.726. The molecule has 0 unspecified atom stereocenters. The normalized spacial score (nSPS) is 17.4. The van der Waals surface area contributed by atoms with Crippen LogP contribution in [0.25, 0.3) is 0 Å². The van der Waals surface area contributed by atoms with Gasteiger partial charge >= 0.3 is 0 Å². The summed E-state index contributed by atoms with van der Waals surface area (Å²) in [7, 11) is 1.68. The van der Waals surface area contributed by atoms with Gasteiger partial charge in [0, 0.05) is 17.8 Å². The van der Waals surface area contributed by atoms with E-state index in [4.69, 9.17) is 9.47 Å². The minimum Gasteiger partial charge on any atom is -0.493 e. The Morgan fingerprint density at radius 1 is 1.26 bits per heavy atom. The van der Waals surface area contributed by atoms with Crippen LogP contribution in [0, 0.1) is 5.92 Å².